The van der Waals surface area contributed by atoms with Gasteiger partial charge in [-0.15, -0.1) is 0 Å². The van der Waals surface area contributed by atoms with Gasteiger partial charge in [-0.2, -0.15) is 0 Å². The van der Waals surface area contributed by atoms with Crippen LogP contribution in [-0.4, -0.2) is 43.3 Å². The van der Waals surface area contributed by atoms with E-state index in [2.05, 4.69) is 17.3 Å². The number of nitrogens with zero attached hydrogens (tertiary/aromatic N) is 1. The highest BCUT2D eigenvalue weighted by atomic mass is 16.6. The second-order valence-corrected chi connectivity index (χ2v) is 3.82. The van der Waals surface area contributed by atoms with Crippen LogP contribution in [-0.2, 0) is 4.74 Å². The number of hydrogen-bond donors (Lipinski definition) is 1. The molecule has 0 aromatic carbocycles. The van der Waals surface area contributed by atoms with Crippen molar-refractivity contribution >= 4 is 6.09 Å². The van der Waals surface area contributed by atoms with Crippen LogP contribution >= 0.6 is 0 Å². The highest BCUT2D eigenvalue weighted by molar-refractivity contribution is 5.70. The van der Waals surface area contributed by atoms with E-state index in [1.165, 1.54) is 0 Å². The number of likely N-dealkylation sites (tertiary alicyclic amines) is 1. The summed E-state index contributed by atoms with van der Waals surface area (Å²) in [5.41, 5.74) is -0.0793. The van der Waals surface area contributed by atoms with Crippen LogP contribution in [0.5, 0.6) is 0 Å². The predicted molar refractivity (Wildman–Crippen MR) is 43.9 cm³/mol. The molecule has 2 aliphatic rings. The van der Waals surface area contributed by atoms with E-state index in [0.29, 0.717) is 6.61 Å². The first-order chi connectivity index (χ1) is 5.70. The lowest BCUT2D eigenvalue weighted by Crippen LogP contribution is -2.55. The molecular weight excluding hydrogens is 156 g/mol. The maximum Gasteiger partial charge on any atom is 0.407 e. The van der Waals surface area contributed by atoms with Crippen LogP contribution in [0.25, 0.3) is 0 Å². The molecule has 2 aliphatic heterocycles. The van der Waals surface area contributed by atoms with Crippen LogP contribution in [0.1, 0.15) is 12.8 Å². The van der Waals surface area contributed by atoms with Crippen molar-refractivity contribution in [2.45, 2.75) is 18.4 Å². The number of piperidine rings is 1. The molecular formula is C8H14N2O2. The first kappa shape index (κ1) is 7.86. The average molecular weight is 170 g/mol. The summed E-state index contributed by atoms with van der Waals surface area (Å²) >= 11 is 0. The number of ether oxygens (including phenoxy) is 1. The van der Waals surface area contributed by atoms with Gasteiger partial charge in [0.05, 0.1) is 5.54 Å². The Morgan fingerprint density at radius 2 is 2.50 bits per heavy atom. The number of alkyl carbamates (subject to hydrolysis) is 1. The van der Waals surface area contributed by atoms with Gasteiger partial charge < -0.3 is 15.0 Å². The van der Waals surface area contributed by atoms with Crippen molar-refractivity contribution in [1.82, 2.24) is 10.2 Å². The molecule has 0 bridgehead atoms. The second kappa shape index (κ2) is 2.62. The van der Waals surface area contributed by atoms with Crippen molar-refractivity contribution in [2.24, 2.45) is 0 Å². The molecule has 2 saturated heterocycles. The van der Waals surface area contributed by atoms with E-state index in [4.69, 9.17) is 4.74 Å². The Balaban J connectivity index is 2.05. The molecule has 4 heteroatoms. The average Bonchev–Trinajstić information content (AvgIpc) is 2.32. The number of carbonyl (C=O) groups is 1. The Hall–Kier alpha value is -0.770. The molecule has 2 heterocycles. The van der Waals surface area contributed by atoms with Crippen LogP contribution in [0.2, 0.25) is 0 Å². The number of rotatable bonds is 0. The third-order valence-electron chi connectivity index (χ3n) is 2.61. The van der Waals surface area contributed by atoms with Gasteiger partial charge in [-0.3, -0.25) is 0 Å². The maximum absolute atomic E-state index is 10.9. The van der Waals surface area contributed by atoms with E-state index in [-0.39, 0.29) is 11.6 Å². The standard InChI is InChI=1S/C8H14N2O2/c1-10-4-2-3-8(5-10)6-12-7(11)9-8/h2-6H2,1H3,(H,9,11). The smallest absolute Gasteiger partial charge is 0.407 e. The Morgan fingerprint density at radius 1 is 1.67 bits per heavy atom. The predicted octanol–water partition coefficient (Wildman–Crippen LogP) is 0.191. The fraction of sp³-hybridized carbons (Fsp3) is 0.875. The number of nitrogens with one attached hydrogen (secondary N) is 1. The lowest BCUT2D eigenvalue weighted by atomic mass is 9.91. The Kier molecular flexibility index (Phi) is 1.72. The number of carbonyl (C=O) groups excluding carboxylic acids is 1. The van der Waals surface area contributed by atoms with Gasteiger partial charge in [0.15, 0.2) is 0 Å². The highest BCUT2D eigenvalue weighted by Crippen LogP contribution is 2.24. The normalized spacial score (nSPS) is 36.6. The number of likely N-dealkylation sites (N-methyl/N-ethyl adjacent to an activating group) is 1. The van der Waals surface area contributed by atoms with Crippen LogP contribution in [0.3, 0.4) is 0 Å². The lowest BCUT2D eigenvalue weighted by Gasteiger charge is -2.36. The summed E-state index contributed by atoms with van der Waals surface area (Å²) < 4.78 is 4.92. The van der Waals surface area contributed by atoms with Gasteiger partial charge in [-0.1, -0.05) is 0 Å². The minimum atomic E-state index is -0.259. The molecule has 1 amide bonds. The largest absolute Gasteiger partial charge is 0.447 e. The topological polar surface area (TPSA) is 41.6 Å². The molecule has 4 nitrogen and oxygen atoms in total. The third kappa shape index (κ3) is 1.27. The maximum atomic E-state index is 10.9. The van der Waals surface area contributed by atoms with E-state index < -0.39 is 0 Å². The molecule has 0 aromatic rings. The van der Waals surface area contributed by atoms with Crippen molar-refractivity contribution < 1.29 is 9.53 Å². The lowest BCUT2D eigenvalue weighted by molar-refractivity contribution is 0.135. The molecule has 1 N–H and O–H groups in total. The summed E-state index contributed by atoms with van der Waals surface area (Å²) in [5, 5.41) is 2.90. The summed E-state index contributed by atoms with van der Waals surface area (Å²) in [7, 11) is 2.07. The molecule has 0 aliphatic carbocycles. The van der Waals surface area contributed by atoms with E-state index >= 15 is 0 Å². The SMILES string of the molecule is CN1CCCC2(COC(=O)N2)C1. The molecule has 0 saturated carbocycles. The molecule has 1 unspecified atom stereocenters. The summed E-state index contributed by atoms with van der Waals surface area (Å²) in [6.07, 6.45) is 1.92. The molecule has 68 valence electrons. The van der Waals surface area contributed by atoms with Crippen molar-refractivity contribution in [1.29, 1.82) is 0 Å². The number of cyclic esters (lactones) is 1. The van der Waals surface area contributed by atoms with Crippen LogP contribution < -0.4 is 5.32 Å². The van der Waals surface area contributed by atoms with E-state index in [0.717, 1.165) is 25.9 Å². The minimum absolute atomic E-state index is 0.0793. The van der Waals surface area contributed by atoms with E-state index in [1.807, 2.05) is 0 Å². The zero-order valence-electron chi connectivity index (χ0n) is 7.30. The number of amides is 1. The van der Waals surface area contributed by atoms with Gasteiger partial charge >= 0.3 is 6.09 Å². The second-order valence-electron chi connectivity index (χ2n) is 3.82. The van der Waals surface area contributed by atoms with Crippen LogP contribution in [0.4, 0.5) is 4.79 Å². The minimum Gasteiger partial charge on any atom is -0.447 e. The van der Waals surface area contributed by atoms with Crippen molar-refractivity contribution in [3.05, 3.63) is 0 Å². The molecule has 1 atom stereocenters. The van der Waals surface area contributed by atoms with E-state index in [9.17, 15) is 4.79 Å². The van der Waals surface area contributed by atoms with Crippen molar-refractivity contribution in [3.8, 4) is 0 Å². The monoisotopic (exact) mass is 170 g/mol. The van der Waals surface area contributed by atoms with Crippen molar-refractivity contribution in [3.63, 3.8) is 0 Å². The van der Waals surface area contributed by atoms with Crippen molar-refractivity contribution in [2.75, 3.05) is 26.7 Å². The summed E-state index contributed by atoms with van der Waals surface area (Å²) in [5.74, 6) is 0. The summed E-state index contributed by atoms with van der Waals surface area (Å²) in [6, 6.07) is 0. The van der Waals surface area contributed by atoms with Gasteiger partial charge in [0.2, 0.25) is 0 Å². The fourth-order valence-corrected chi connectivity index (χ4v) is 2.07. The third-order valence-corrected chi connectivity index (χ3v) is 2.61. The molecule has 0 aromatic heterocycles. The zero-order valence-corrected chi connectivity index (χ0v) is 7.30. The highest BCUT2D eigenvalue weighted by Gasteiger charge is 2.41. The molecule has 2 rings (SSSR count). The van der Waals surface area contributed by atoms with Gasteiger partial charge in [-0.05, 0) is 26.4 Å². The summed E-state index contributed by atoms with van der Waals surface area (Å²) in [4.78, 5) is 13.1. The fourth-order valence-electron chi connectivity index (χ4n) is 2.07. The first-order valence-corrected chi connectivity index (χ1v) is 4.34. The van der Waals surface area contributed by atoms with Gasteiger partial charge in [0.25, 0.3) is 0 Å². The Morgan fingerprint density at radius 3 is 3.08 bits per heavy atom. The molecule has 0 radical (unpaired) electrons. The quantitative estimate of drug-likeness (QED) is 0.564. The summed E-state index contributed by atoms with van der Waals surface area (Å²) in [6.45, 7) is 2.58. The Labute approximate surface area is 71.9 Å². The zero-order chi connectivity index (χ0) is 8.60. The molecule has 2 fully saturated rings. The van der Waals surface area contributed by atoms with Gasteiger partial charge in [0, 0.05) is 6.54 Å². The van der Waals surface area contributed by atoms with E-state index in [1.54, 1.807) is 0 Å². The van der Waals surface area contributed by atoms with Gasteiger partial charge in [-0.25, -0.2) is 4.79 Å². The Bertz CT molecular complexity index is 207. The van der Waals surface area contributed by atoms with Crippen LogP contribution in [0, 0.1) is 0 Å². The van der Waals surface area contributed by atoms with Gasteiger partial charge in [0.1, 0.15) is 6.61 Å². The molecule has 1 spiro atoms. The molecule has 12 heavy (non-hydrogen) atoms. The number of hydrogen-bond acceptors (Lipinski definition) is 3. The first-order valence-electron chi connectivity index (χ1n) is 4.34. The van der Waals surface area contributed by atoms with Crippen LogP contribution in [0.15, 0.2) is 0 Å².